The first kappa shape index (κ1) is 10.1. The molecule has 4 heteroatoms. The number of rotatable bonds is 3. The van der Waals surface area contributed by atoms with Gasteiger partial charge in [0.25, 0.3) is 0 Å². The average molecular weight is 261 g/mol. The molecule has 2 rings (SSSR count). The van der Waals surface area contributed by atoms with E-state index in [1.165, 1.54) is 6.07 Å². The smallest absolute Gasteiger partial charge is 0.129 e. The molecule has 0 radical (unpaired) electrons. The molecule has 1 aromatic rings. The summed E-state index contributed by atoms with van der Waals surface area (Å²) in [5, 5.41) is 0. The monoisotopic (exact) mass is 260 g/mol. The molecule has 0 aliphatic carbocycles. The minimum Gasteiger partial charge on any atom is -0.376 e. The van der Waals surface area contributed by atoms with Crippen molar-refractivity contribution >= 4 is 15.9 Å². The maximum absolute atomic E-state index is 13.3. The highest BCUT2D eigenvalue weighted by Gasteiger charge is 2.19. The van der Waals surface area contributed by atoms with Gasteiger partial charge in [-0.15, -0.1) is 0 Å². The van der Waals surface area contributed by atoms with E-state index in [4.69, 9.17) is 9.47 Å². The van der Waals surface area contributed by atoms with Crippen LogP contribution in [0.2, 0.25) is 0 Å². The summed E-state index contributed by atoms with van der Waals surface area (Å²) in [7, 11) is 0. The van der Waals surface area contributed by atoms with Crippen molar-refractivity contribution in [1.29, 1.82) is 0 Å². The molecule has 0 bridgehead atoms. The van der Waals surface area contributed by atoms with Gasteiger partial charge in [-0.25, -0.2) is 4.39 Å². The average Bonchev–Trinajstić information content (AvgIpc) is 2.05. The highest BCUT2D eigenvalue weighted by molar-refractivity contribution is 9.10. The Morgan fingerprint density at radius 1 is 1.50 bits per heavy atom. The van der Waals surface area contributed by atoms with Crippen LogP contribution in [0.5, 0.6) is 0 Å². The predicted octanol–water partition coefficient (Wildman–Crippen LogP) is 2.50. The Kier molecular flexibility index (Phi) is 3.15. The first-order valence-electron chi connectivity index (χ1n) is 4.39. The van der Waals surface area contributed by atoms with Gasteiger partial charge in [0.15, 0.2) is 0 Å². The van der Waals surface area contributed by atoms with E-state index in [0.717, 1.165) is 4.47 Å². The second-order valence-electron chi connectivity index (χ2n) is 3.21. The van der Waals surface area contributed by atoms with Crippen molar-refractivity contribution in [3.05, 3.63) is 34.1 Å². The summed E-state index contributed by atoms with van der Waals surface area (Å²) < 4.78 is 24.4. The zero-order valence-corrected chi connectivity index (χ0v) is 9.09. The normalized spacial score (nSPS) is 16.7. The lowest BCUT2D eigenvalue weighted by Crippen LogP contribution is -2.35. The lowest BCUT2D eigenvalue weighted by molar-refractivity contribution is -0.135. The van der Waals surface area contributed by atoms with Gasteiger partial charge in [0.2, 0.25) is 0 Å². The topological polar surface area (TPSA) is 18.5 Å². The second kappa shape index (κ2) is 4.38. The zero-order valence-electron chi connectivity index (χ0n) is 7.50. The summed E-state index contributed by atoms with van der Waals surface area (Å²) in [5.74, 6) is -0.236. The Bertz CT molecular complexity index is 326. The zero-order chi connectivity index (χ0) is 9.97. The van der Waals surface area contributed by atoms with E-state index < -0.39 is 0 Å². The fraction of sp³-hybridized carbons (Fsp3) is 0.400. The molecule has 1 aliphatic heterocycles. The highest BCUT2D eigenvalue weighted by Crippen LogP contribution is 2.17. The van der Waals surface area contributed by atoms with E-state index >= 15 is 0 Å². The van der Waals surface area contributed by atoms with Crippen LogP contribution in [0, 0.1) is 5.82 Å². The molecule has 0 unspecified atom stereocenters. The fourth-order valence-corrected chi connectivity index (χ4v) is 1.49. The molecular weight excluding hydrogens is 251 g/mol. The molecule has 2 nitrogen and oxygen atoms in total. The molecule has 0 aromatic heterocycles. The van der Waals surface area contributed by atoms with Gasteiger partial charge in [-0.2, -0.15) is 0 Å². The molecule has 1 aliphatic rings. The second-order valence-corrected chi connectivity index (χ2v) is 4.12. The van der Waals surface area contributed by atoms with Crippen LogP contribution in [0.15, 0.2) is 22.7 Å². The summed E-state index contributed by atoms with van der Waals surface area (Å²) in [6.07, 6.45) is 0.137. The largest absolute Gasteiger partial charge is 0.376 e. The van der Waals surface area contributed by atoms with Gasteiger partial charge >= 0.3 is 0 Å². The van der Waals surface area contributed by atoms with Gasteiger partial charge in [-0.3, -0.25) is 0 Å². The van der Waals surface area contributed by atoms with Crippen LogP contribution < -0.4 is 0 Å². The van der Waals surface area contributed by atoms with Crippen molar-refractivity contribution in [3.8, 4) is 0 Å². The summed E-state index contributed by atoms with van der Waals surface area (Å²) in [4.78, 5) is 0. The molecular formula is C10H10BrFO2. The van der Waals surface area contributed by atoms with Crippen LogP contribution in [0.1, 0.15) is 5.56 Å². The van der Waals surface area contributed by atoms with Gasteiger partial charge in [0, 0.05) is 10.0 Å². The molecule has 1 aromatic carbocycles. The van der Waals surface area contributed by atoms with E-state index in [1.807, 2.05) is 0 Å². The van der Waals surface area contributed by atoms with Crippen LogP contribution in [-0.2, 0) is 16.1 Å². The molecule has 0 amide bonds. The van der Waals surface area contributed by atoms with Crippen molar-refractivity contribution in [2.24, 2.45) is 0 Å². The quantitative estimate of drug-likeness (QED) is 0.832. The first-order chi connectivity index (χ1) is 6.75. The maximum Gasteiger partial charge on any atom is 0.129 e. The van der Waals surface area contributed by atoms with Gasteiger partial charge in [-0.1, -0.05) is 22.0 Å². The van der Waals surface area contributed by atoms with Crippen molar-refractivity contribution in [2.45, 2.75) is 12.7 Å². The molecule has 0 spiro atoms. The van der Waals surface area contributed by atoms with Gasteiger partial charge in [0.1, 0.15) is 11.9 Å². The highest BCUT2D eigenvalue weighted by atomic mass is 79.9. The van der Waals surface area contributed by atoms with Crippen molar-refractivity contribution in [2.75, 3.05) is 13.2 Å². The summed E-state index contributed by atoms with van der Waals surface area (Å²) >= 11 is 3.20. The van der Waals surface area contributed by atoms with Crippen LogP contribution in [0.25, 0.3) is 0 Å². The number of benzene rings is 1. The Morgan fingerprint density at radius 3 is 2.86 bits per heavy atom. The standard InChI is InChI=1S/C10H10BrFO2/c11-8-2-1-7(10(12)3-8)4-14-9-5-13-6-9/h1-3,9H,4-6H2. The van der Waals surface area contributed by atoms with Crippen LogP contribution in [0.4, 0.5) is 4.39 Å². The molecule has 1 heterocycles. The number of ether oxygens (including phenoxy) is 2. The van der Waals surface area contributed by atoms with Gasteiger partial charge in [0.05, 0.1) is 19.8 Å². The summed E-state index contributed by atoms with van der Waals surface area (Å²) in [6, 6.07) is 4.97. The Labute approximate surface area is 90.1 Å². The fourth-order valence-electron chi connectivity index (χ4n) is 1.16. The number of hydrogen-bond acceptors (Lipinski definition) is 2. The third kappa shape index (κ3) is 2.32. The Morgan fingerprint density at radius 2 is 2.29 bits per heavy atom. The predicted molar refractivity (Wildman–Crippen MR) is 53.5 cm³/mol. The molecule has 1 saturated heterocycles. The van der Waals surface area contributed by atoms with Crippen molar-refractivity contribution < 1.29 is 13.9 Å². The van der Waals surface area contributed by atoms with E-state index in [2.05, 4.69) is 15.9 Å². The lowest BCUT2D eigenvalue weighted by atomic mass is 10.2. The maximum atomic E-state index is 13.3. The molecule has 0 atom stereocenters. The minimum absolute atomic E-state index is 0.137. The molecule has 14 heavy (non-hydrogen) atoms. The van der Waals surface area contributed by atoms with E-state index in [-0.39, 0.29) is 11.9 Å². The van der Waals surface area contributed by atoms with Crippen molar-refractivity contribution in [1.82, 2.24) is 0 Å². The SMILES string of the molecule is Fc1cc(Br)ccc1COC1COC1. The Balaban J connectivity index is 1.94. The van der Waals surface area contributed by atoms with Crippen LogP contribution in [-0.4, -0.2) is 19.3 Å². The van der Waals surface area contributed by atoms with Gasteiger partial charge in [-0.05, 0) is 12.1 Å². The number of hydrogen-bond donors (Lipinski definition) is 0. The van der Waals surface area contributed by atoms with Crippen molar-refractivity contribution in [3.63, 3.8) is 0 Å². The summed E-state index contributed by atoms with van der Waals surface area (Å²) in [6.45, 7) is 1.56. The van der Waals surface area contributed by atoms with Gasteiger partial charge < -0.3 is 9.47 Å². The van der Waals surface area contributed by atoms with Crippen LogP contribution in [0.3, 0.4) is 0 Å². The molecule has 76 valence electrons. The Hall–Kier alpha value is -0.450. The molecule has 0 saturated carbocycles. The van der Waals surface area contributed by atoms with E-state index in [1.54, 1.807) is 12.1 Å². The molecule has 1 fully saturated rings. The third-order valence-corrected chi connectivity index (χ3v) is 2.59. The van der Waals surface area contributed by atoms with Crippen LogP contribution >= 0.6 is 15.9 Å². The van der Waals surface area contributed by atoms with E-state index in [9.17, 15) is 4.39 Å². The summed E-state index contributed by atoms with van der Waals surface area (Å²) in [5.41, 5.74) is 0.583. The van der Waals surface area contributed by atoms with E-state index in [0.29, 0.717) is 25.4 Å². The first-order valence-corrected chi connectivity index (χ1v) is 5.18. The number of halogens is 2. The minimum atomic E-state index is -0.236. The molecule has 0 N–H and O–H groups in total. The lowest BCUT2D eigenvalue weighted by Gasteiger charge is -2.26. The third-order valence-electron chi connectivity index (χ3n) is 2.10.